The van der Waals surface area contributed by atoms with Crippen molar-refractivity contribution in [1.29, 1.82) is 0 Å². The number of Topliss-reactive ketones (excluding diaryl/α,β-unsaturated/α-hetero) is 1. The van der Waals surface area contributed by atoms with Gasteiger partial charge in [-0.3, -0.25) is 14.5 Å². The zero-order chi connectivity index (χ0) is 24.5. The number of hydrogen-bond donors (Lipinski definition) is 1. The summed E-state index contributed by atoms with van der Waals surface area (Å²) in [5.74, 6) is -0.890. The predicted octanol–water partition coefficient (Wildman–Crippen LogP) is 6.75. The Kier molecular flexibility index (Phi) is 6.88. The van der Waals surface area contributed by atoms with Gasteiger partial charge in [-0.15, -0.1) is 21.5 Å². The van der Waals surface area contributed by atoms with Gasteiger partial charge >= 0.3 is 0 Å². The van der Waals surface area contributed by atoms with Crippen LogP contribution in [-0.4, -0.2) is 27.0 Å². The number of rotatable bonds is 7. The lowest BCUT2D eigenvalue weighted by molar-refractivity contribution is -0.117. The lowest BCUT2D eigenvalue weighted by Crippen LogP contribution is -2.31. The van der Waals surface area contributed by atoms with Crippen molar-refractivity contribution >= 4 is 67.2 Å². The summed E-state index contributed by atoms with van der Waals surface area (Å²) in [7, 11) is 0. The topological polar surface area (TPSA) is 83.4 Å². The average molecular weight is 585 g/mol. The number of aromatic nitrogens is 2. The number of aliphatic hydroxyl groups excluding tert-OH is 1. The first-order valence-corrected chi connectivity index (χ1v) is 14.0. The second kappa shape index (κ2) is 10.1. The largest absolute Gasteiger partial charge is 0.503 e. The van der Waals surface area contributed by atoms with Crippen LogP contribution in [0.5, 0.6) is 0 Å². The van der Waals surface area contributed by atoms with Gasteiger partial charge in [0.25, 0.3) is 5.91 Å². The van der Waals surface area contributed by atoms with Gasteiger partial charge in [0.05, 0.1) is 16.5 Å². The Morgan fingerprint density at radius 1 is 1.14 bits per heavy atom. The normalized spacial score (nSPS) is 15.8. The Morgan fingerprint density at radius 2 is 1.94 bits per heavy atom. The lowest BCUT2D eigenvalue weighted by atomic mass is 9.96. The molecule has 35 heavy (non-hydrogen) atoms. The number of amides is 1. The number of thiophene rings is 1. The van der Waals surface area contributed by atoms with Crippen LogP contribution in [-0.2, 0) is 10.5 Å². The number of halogens is 1. The molecule has 1 N–H and O–H groups in total. The molecule has 0 aliphatic carbocycles. The molecule has 5 rings (SSSR count). The molecule has 0 fully saturated rings. The zero-order valence-electron chi connectivity index (χ0n) is 18.3. The van der Waals surface area contributed by atoms with E-state index in [1.807, 2.05) is 31.2 Å². The minimum Gasteiger partial charge on any atom is -0.503 e. The molecule has 1 aliphatic rings. The summed E-state index contributed by atoms with van der Waals surface area (Å²) >= 11 is 7.52. The maximum Gasteiger partial charge on any atom is 0.296 e. The molecule has 6 nitrogen and oxygen atoms in total. The standard InChI is InChI=1S/C25H18BrN3O3S3/c1-14-7-9-15(10-8-14)13-34-25-28-27-24(35-25)29-20(16-4-2-5-17(26)12-16)19(22(31)23(29)32)21(30)18-6-3-11-33-18/h2-12,20,31H,13H2,1H3. The van der Waals surface area contributed by atoms with Crippen LogP contribution in [0.15, 0.2) is 86.2 Å². The van der Waals surface area contributed by atoms with Crippen molar-refractivity contribution in [1.82, 2.24) is 10.2 Å². The van der Waals surface area contributed by atoms with Crippen molar-refractivity contribution < 1.29 is 14.7 Å². The van der Waals surface area contributed by atoms with Gasteiger partial charge in [0.2, 0.25) is 10.9 Å². The highest BCUT2D eigenvalue weighted by molar-refractivity contribution is 9.10. The molecule has 0 saturated carbocycles. The van der Waals surface area contributed by atoms with Crippen molar-refractivity contribution in [2.24, 2.45) is 0 Å². The molecule has 176 valence electrons. The molecule has 2 aromatic carbocycles. The molecule has 0 radical (unpaired) electrons. The molecule has 4 aromatic rings. The predicted molar refractivity (Wildman–Crippen MR) is 143 cm³/mol. The van der Waals surface area contributed by atoms with Crippen LogP contribution in [0.25, 0.3) is 0 Å². The maximum atomic E-state index is 13.4. The van der Waals surface area contributed by atoms with Crippen LogP contribution in [0.2, 0.25) is 0 Å². The number of aryl methyl sites for hydroxylation is 1. The average Bonchev–Trinajstić information content (AvgIpc) is 3.59. The van der Waals surface area contributed by atoms with Crippen molar-refractivity contribution in [2.75, 3.05) is 4.90 Å². The Balaban J connectivity index is 1.48. The fraction of sp³-hybridized carbons (Fsp3) is 0.120. The molecule has 0 spiro atoms. The van der Waals surface area contributed by atoms with Gasteiger partial charge in [0, 0.05) is 10.2 Å². The van der Waals surface area contributed by atoms with Gasteiger partial charge < -0.3 is 5.11 Å². The third-order valence-corrected chi connectivity index (χ3v) is 8.94. The van der Waals surface area contributed by atoms with Crippen molar-refractivity contribution in [3.8, 4) is 0 Å². The van der Waals surface area contributed by atoms with Gasteiger partial charge in [0.1, 0.15) is 0 Å². The SMILES string of the molecule is Cc1ccc(CSc2nnc(N3C(=O)C(O)=C(C(=O)c4cccs4)C3c3cccc(Br)c3)s2)cc1. The van der Waals surface area contributed by atoms with E-state index in [0.29, 0.717) is 25.7 Å². The summed E-state index contributed by atoms with van der Waals surface area (Å²) < 4.78 is 1.49. The van der Waals surface area contributed by atoms with E-state index in [9.17, 15) is 14.7 Å². The van der Waals surface area contributed by atoms with Gasteiger partial charge in [-0.1, -0.05) is 87.1 Å². The third-order valence-electron chi connectivity index (χ3n) is 5.45. The second-order valence-corrected chi connectivity index (χ2v) is 11.9. The first kappa shape index (κ1) is 23.9. The maximum absolute atomic E-state index is 13.4. The first-order valence-electron chi connectivity index (χ1n) is 10.5. The van der Waals surface area contributed by atoms with E-state index >= 15 is 0 Å². The Labute approximate surface area is 222 Å². The Hall–Kier alpha value is -2.79. The smallest absolute Gasteiger partial charge is 0.296 e. The summed E-state index contributed by atoms with van der Waals surface area (Å²) in [5, 5.41) is 21.5. The fourth-order valence-electron chi connectivity index (χ4n) is 3.75. The van der Waals surface area contributed by atoms with Crippen molar-refractivity contribution in [3.63, 3.8) is 0 Å². The summed E-state index contributed by atoms with van der Waals surface area (Å²) in [6, 6.07) is 18.2. The third kappa shape index (κ3) is 4.84. The summed E-state index contributed by atoms with van der Waals surface area (Å²) in [4.78, 5) is 28.5. The van der Waals surface area contributed by atoms with Crippen LogP contribution in [0.3, 0.4) is 0 Å². The van der Waals surface area contributed by atoms with Gasteiger partial charge in [-0.2, -0.15) is 0 Å². The highest BCUT2D eigenvalue weighted by atomic mass is 79.9. The summed E-state index contributed by atoms with van der Waals surface area (Å²) in [5.41, 5.74) is 3.08. The van der Waals surface area contributed by atoms with E-state index in [2.05, 4.69) is 50.4 Å². The number of ketones is 1. The van der Waals surface area contributed by atoms with Gasteiger partial charge in [-0.25, -0.2) is 0 Å². The Morgan fingerprint density at radius 3 is 2.66 bits per heavy atom. The molecule has 2 aromatic heterocycles. The summed E-state index contributed by atoms with van der Waals surface area (Å²) in [6.07, 6.45) is 0. The van der Waals surface area contributed by atoms with Gasteiger partial charge in [-0.05, 0) is 41.6 Å². The minimum absolute atomic E-state index is 0.0413. The molecule has 1 atom stereocenters. The molecule has 1 unspecified atom stereocenters. The second-order valence-electron chi connectivity index (χ2n) is 7.83. The number of thioether (sulfide) groups is 1. The van der Waals surface area contributed by atoms with E-state index < -0.39 is 17.7 Å². The minimum atomic E-state index is -0.822. The summed E-state index contributed by atoms with van der Waals surface area (Å²) in [6.45, 7) is 2.05. The van der Waals surface area contributed by atoms with Crippen molar-refractivity contribution in [3.05, 3.63) is 103 Å². The molecule has 1 aliphatic heterocycles. The van der Waals surface area contributed by atoms with Crippen molar-refractivity contribution in [2.45, 2.75) is 23.1 Å². The van der Waals surface area contributed by atoms with E-state index in [0.717, 1.165) is 10.0 Å². The monoisotopic (exact) mass is 583 g/mol. The molecular weight excluding hydrogens is 566 g/mol. The number of benzene rings is 2. The zero-order valence-corrected chi connectivity index (χ0v) is 22.4. The highest BCUT2D eigenvalue weighted by Gasteiger charge is 2.46. The van der Waals surface area contributed by atoms with Crippen LogP contribution in [0.4, 0.5) is 5.13 Å². The molecule has 0 saturated heterocycles. The number of nitrogens with zero attached hydrogens (tertiary/aromatic N) is 3. The molecule has 0 bridgehead atoms. The number of anilines is 1. The van der Waals surface area contributed by atoms with E-state index in [1.165, 1.54) is 44.9 Å². The quantitative estimate of drug-likeness (QED) is 0.147. The number of aliphatic hydroxyl groups is 1. The highest BCUT2D eigenvalue weighted by Crippen LogP contribution is 2.44. The number of carbonyl (C=O) groups is 2. The van der Waals surface area contributed by atoms with E-state index in [4.69, 9.17) is 0 Å². The molecule has 3 heterocycles. The lowest BCUT2D eigenvalue weighted by Gasteiger charge is -2.24. The van der Waals surface area contributed by atoms with Crippen LogP contribution in [0, 0.1) is 6.92 Å². The van der Waals surface area contributed by atoms with Crippen LogP contribution in [0.1, 0.15) is 32.4 Å². The molecular formula is C25H18BrN3O3S3. The van der Waals surface area contributed by atoms with Gasteiger partial charge in [0.15, 0.2) is 10.1 Å². The molecule has 10 heteroatoms. The Bertz CT molecular complexity index is 1430. The van der Waals surface area contributed by atoms with E-state index in [1.54, 1.807) is 17.5 Å². The number of hydrogen-bond acceptors (Lipinski definition) is 8. The van der Waals surface area contributed by atoms with Crippen LogP contribution < -0.4 is 4.90 Å². The van der Waals surface area contributed by atoms with Crippen LogP contribution >= 0.6 is 50.4 Å². The fourth-order valence-corrected chi connectivity index (χ4v) is 6.67. The van der Waals surface area contributed by atoms with E-state index in [-0.39, 0.29) is 11.4 Å². The molecule has 1 amide bonds. The first-order chi connectivity index (χ1) is 16.9. The number of carbonyl (C=O) groups excluding carboxylic acids is 2.